The Bertz CT molecular complexity index is 1210. The van der Waals surface area contributed by atoms with Crippen LogP contribution in [0.4, 0.5) is 5.69 Å². The summed E-state index contributed by atoms with van der Waals surface area (Å²) in [6, 6.07) is 8.65. The summed E-state index contributed by atoms with van der Waals surface area (Å²) in [5, 5.41) is 3.02. The number of amides is 2. The van der Waals surface area contributed by atoms with Crippen LogP contribution in [0.5, 0.6) is 0 Å². The predicted octanol–water partition coefficient (Wildman–Crippen LogP) is 2.64. The van der Waals surface area contributed by atoms with Crippen molar-refractivity contribution in [2.45, 2.75) is 33.2 Å². The molecule has 0 unspecified atom stereocenters. The number of hydrogen-bond acceptors (Lipinski definition) is 4. The Morgan fingerprint density at radius 3 is 2.77 bits per heavy atom. The average Bonchev–Trinajstić information content (AvgIpc) is 3.17. The molecule has 1 fully saturated rings. The number of nitrogens with one attached hydrogen (secondary N) is 1. The molecule has 8 nitrogen and oxygen atoms in total. The van der Waals surface area contributed by atoms with E-state index in [2.05, 4.69) is 17.2 Å². The van der Waals surface area contributed by atoms with Crippen LogP contribution >= 0.6 is 0 Å². The second-order valence-corrected chi connectivity index (χ2v) is 8.45. The maximum absolute atomic E-state index is 13.2. The first-order chi connectivity index (χ1) is 14.8. The lowest BCUT2D eigenvalue weighted by atomic mass is 9.80. The van der Waals surface area contributed by atoms with Crippen LogP contribution in [0.3, 0.4) is 0 Å². The molecule has 0 spiro atoms. The van der Waals surface area contributed by atoms with Gasteiger partial charge < -0.3 is 19.4 Å². The van der Waals surface area contributed by atoms with Gasteiger partial charge in [0.25, 0.3) is 5.91 Å². The third-order valence-corrected chi connectivity index (χ3v) is 6.08. The number of rotatable bonds is 4. The molecule has 3 heterocycles. The zero-order valence-corrected chi connectivity index (χ0v) is 18.1. The van der Waals surface area contributed by atoms with Crippen molar-refractivity contribution in [1.29, 1.82) is 0 Å². The molecule has 1 atom stereocenters. The van der Waals surface area contributed by atoms with Gasteiger partial charge in [0.1, 0.15) is 0 Å². The number of aryl methyl sites for hydroxylation is 2. The molecule has 1 aliphatic heterocycles. The molecule has 8 heteroatoms. The van der Waals surface area contributed by atoms with Gasteiger partial charge in [-0.15, -0.1) is 0 Å². The molecule has 4 rings (SSSR count). The van der Waals surface area contributed by atoms with Gasteiger partial charge in [-0.3, -0.25) is 14.4 Å². The summed E-state index contributed by atoms with van der Waals surface area (Å²) in [6.07, 6.45) is 4.77. The lowest BCUT2D eigenvalue weighted by Crippen LogP contribution is -2.50. The molecule has 0 bridgehead atoms. The van der Waals surface area contributed by atoms with Crippen LogP contribution in [0.1, 0.15) is 37.0 Å². The quantitative estimate of drug-likeness (QED) is 0.701. The number of hydrogen-bond donors (Lipinski definition) is 1. The fourth-order valence-corrected chi connectivity index (χ4v) is 4.18. The minimum atomic E-state index is -0.702. The molecule has 2 amide bonds. The maximum atomic E-state index is 13.2. The molecule has 0 saturated carbocycles. The third kappa shape index (κ3) is 3.97. The second-order valence-electron chi connectivity index (χ2n) is 8.45. The minimum Gasteiger partial charge on any atom is -0.338 e. The van der Waals surface area contributed by atoms with E-state index in [1.165, 1.54) is 10.6 Å². The van der Waals surface area contributed by atoms with Crippen LogP contribution in [-0.2, 0) is 18.4 Å². The van der Waals surface area contributed by atoms with Crippen molar-refractivity contribution in [3.05, 3.63) is 58.8 Å². The molecule has 0 aliphatic carbocycles. The zero-order valence-electron chi connectivity index (χ0n) is 18.1. The summed E-state index contributed by atoms with van der Waals surface area (Å²) in [7, 11) is 1.62. The first-order valence-corrected chi connectivity index (χ1v) is 10.5. The van der Waals surface area contributed by atoms with Gasteiger partial charge in [-0.1, -0.05) is 0 Å². The fraction of sp³-hybridized carbons (Fsp3) is 0.391. The lowest BCUT2D eigenvalue weighted by Gasteiger charge is -2.39. The highest BCUT2D eigenvalue weighted by atomic mass is 16.2. The van der Waals surface area contributed by atoms with E-state index >= 15 is 0 Å². The Labute approximate surface area is 180 Å². The number of fused-ring (bicyclic) bond motifs is 1. The number of pyridine rings is 1. The van der Waals surface area contributed by atoms with E-state index in [-0.39, 0.29) is 17.4 Å². The number of benzene rings is 1. The van der Waals surface area contributed by atoms with Crippen molar-refractivity contribution in [3.63, 3.8) is 0 Å². The smallest absolute Gasteiger partial charge is 0.255 e. The van der Waals surface area contributed by atoms with E-state index in [9.17, 15) is 14.4 Å². The van der Waals surface area contributed by atoms with Crippen LogP contribution in [0.15, 0.2) is 47.7 Å². The molecule has 1 aromatic carbocycles. The Kier molecular flexibility index (Phi) is 5.39. The van der Waals surface area contributed by atoms with Crippen LogP contribution in [0.2, 0.25) is 0 Å². The summed E-state index contributed by atoms with van der Waals surface area (Å²) in [4.78, 5) is 43.9. The topological polar surface area (TPSA) is 89.2 Å². The van der Waals surface area contributed by atoms with E-state index in [4.69, 9.17) is 0 Å². The number of aromatic nitrogens is 3. The van der Waals surface area contributed by atoms with Gasteiger partial charge in [-0.2, -0.15) is 0 Å². The van der Waals surface area contributed by atoms with Crippen LogP contribution < -0.4 is 10.9 Å². The summed E-state index contributed by atoms with van der Waals surface area (Å²) in [5.41, 5.74) is 2.13. The normalized spacial score (nSPS) is 18.9. The van der Waals surface area contributed by atoms with Crippen LogP contribution in [-0.4, -0.2) is 43.9 Å². The Morgan fingerprint density at radius 1 is 1.23 bits per heavy atom. The van der Waals surface area contributed by atoms with Crippen molar-refractivity contribution < 1.29 is 9.59 Å². The standard InChI is InChI=1S/C23H27N5O3/c1-4-27-15-24-18-12-17(7-8-19(18)27)25-22(31)23(2)10-5-11-28(14-23)21(30)16-6-9-20(29)26(3)13-16/h6-9,12-13,15H,4-5,10-11,14H2,1-3H3,(H,25,31)/t23-/m0/s1. The molecule has 1 N–H and O–H groups in total. The number of nitrogens with zero attached hydrogens (tertiary/aromatic N) is 4. The van der Waals surface area contributed by atoms with E-state index in [0.717, 1.165) is 24.0 Å². The SMILES string of the molecule is CCn1cnc2cc(NC(=O)[C@@]3(C)CCCN(C(=O)c4ccc(=O)n(C)c4)C3)ccc21. The molecule has 0 radical (unpaired) electrons. The highest BCUT2D eigenvalue weighted by molar-refractivity contribution is 5.98. The van der Waals surface area contributed by atoms with Gasteiger partial charge in [0.2, 0.25) is 11.5 Å². The van der Waals surface area contributed by atoms with Crippen LogP contribution in [0.25, 0.3) is 11.0 Å². The van der Waals surface area contributed by atoms with Gasteiger partial charge in [0.05, 0.1) is 28.3 Å². The van der Waals surface area contributed by atoms with Crippen molar-refractivity contribution >= 4 is 28.5 Å². The Balaban J connectivity index is 1.50. The van der Waals surface area contributed by atoms with E-state index in [1.54, 1.807) is 30.5 Å². The van der Waals surface area contributed by atoms with Crippen molar-refractivity contribution in [3.8, 4) is 0 Å². The van der Waals surface area contributed by atoms with E-state index in [0.29, 0.717) is 30.8 Å². The summed E-state index contributed by atoms with van der Waals surface area (Å²) >= 11 is 0. The second kappa shape index (κ2) is 8.02. The molecule has 31 heavy (non-hydrogen) atoms. The molecule has 162 valence electrons. The molecule has 1 saturated heterocycles. The van der Waals surface area contributed by atoms with Crippen molar-refractivity contribution in [2.75, 3.05) is 18.4 Å². The first kappa shape index (κ1) is 20.8. The maximum Gasteiger partial charge on any atom is 0.255 e. The number of piperidine rings is 1. The van der Waals surface area contributed by atoms with Crippen molar-refractivity contribution in [2.24, 2.45) is 12.5 Å². The van der Waals surface area contributed by atoms with E-state index in [1.807, 2.05) is 29.7 Å². The summed E-state index contributed by atoms with van der Waals surface area (Å²) in [5.74, 6) is -0.277. The molecular weight excluding hydrogens is 394 g/mol. The van der Waals surface area contributed by atoms with Gasteiger partial charge in [-0.05, 0) is 51.0 Å². The highest BCUT2D eigenvalue weighted by Crippen LogP contribution is 2.32. The molecular formula is C23H27N5O3. The largest absolute Gasteiger partial charge is 0.338 e. The van der Waals surface area contributed by atoms with Gasteiger partial charge in [0.15, 0.2) is 0 Å². The third-order valence-electron chi connectivity index (χ3n) is 6.08. The fourth-order valence-electron chi connectivity index (χ4n) is 4.18. The first-order valence-electron chi connectivity index (χ1n) is 10.5. The van der Waals surface area contributed by atoms with Gasteiger partial charge in [0, 0.05) is 44.6 Å². The molecule has 1 aliphatic rings. The predicted molar refractivity (Wildman–Crippen MR) is 119 cm³/mol. The minimum absolute atomic E-state index is 0.111. The summed E-state index contributed by atoms with van der Waals surface area (Å²) in [6.45, 7) is 5.70. The Morgan fingerprint density at radius 2 is 2.03 bits per heavy atom. The van der Waals surface area contributed by atoms with Crippen LogP contribution in [0, 0.1) is 5.41 Å². The number of imidazole rings is 1. The Hall–Kier alpha value is -3.42. The average molecular weight is 422 g/mol. The number of carbonyl (C=O) groups is 2. The highest BCUT2D eigenvalue weighted by Gasteiger charge is 2.39. The summed E-state index contributed by atoms with van der Waals surface area (Å²) < 4.78 is 3.44. The van der Waals surface area contributed by atoms with Gasteiger partial charge in [-0.25, -0.2) is 4.98 Å². The zero-order chi connectivity index (χ0) is 22.2. The van der Waals surface area contributed by atoms with Gasteiger partial charge >= 0.3 is 0 Å². The van der Waals surface area contributed by atoms with E-state index < -0.39 is 5.41 Å². The monoisotopic (exact) mass is 421 g/mol. The van der Waals surface area contributed by atoms with Crippen molar-refractivity contribution in [1.82, 2.24) is 19.0 Å². The molecule has 2 aromatic heterocycles. The number of carbonyl (C=O) groups excluding carboxylic acids is 2. The number of likely N-dealkylation sites (tertiary alicyclic amines) is 1. The lowest BCUT2D eigenvalue weighted by molar-refractivity contribution is -0.127. The molecule has 3 aromatic rings. The number of anilines is 1.